The largest absolute Gasteiger partial charge is 0.339 e. The lowest BCUT2D eigenvalue weighted by atomic mass is 9.72. The zero-order chi connectivity index (χ0) is 20.3. The van der Waals surface area contributed by atoms with E-state index in [1.807, 2.05) is 52.3 Å². The Hall–Kier alpha value is -2.62. The third kappa shape index (κ3) is 4.21. The fourth-order valence-corrected chi connectivity index (χ4v) is 4.85. The molecule has 4 heteroatoms. The summed E-state index contributed by atoms with van der Waals surface area (Å²) in [4.78, 5) is 29.6. The van der Waals surface area contributed by atoms with Gasteiger partial charge in [-0.05, 0) is 48.3 Å². The molecule has 0 bridgehead atoms. The van der Waals surface area contributed by atoms with Gasteiger partial charge in [-0.25, -0.2) is 0 Å². The Morgan fingerprint density at radius 3 is 2.38 bits per heavy atom. The lowest BCUT2D eigenvalue weighted by molar-refractivity contribution is -0.139. The van der Waals surface area contributed by atoms with Crippen LogP contribution in [-0.2, 0) is 17.8 Å². The molecule has 0 atom stereocenters. The maximum Gasteiger partial charge on any atom is 0.254 e. The summed E-state index contributed by atoms with van der Waals surface area (Å²) in [5.74, 6) is 0.417. The molecule has 0 aromatic heterocycles. The maximum atomic E-state index is 13.1. The minimum absolute atomic E-state index is 0.156. The van der Waals surface area contributed by atoms with Gasteiger partial charge in [0.1, 0.15) is 0 Å². The second-order valence-electron chi connectivity index (χ2n) is 8.54. The van der Waals surface area contributed by atoms with Gasteiger partial charge in [0.05, 0.1) is 0 Å². The molecule has 29 heavy (non-hydrogen) atoms. The fraction of sp³-hybridized carbons (Fsp3) is 0.440. The summed E-state index contributed by atoms with van der Waals surface area (Å²) >= 11 is 0. The molecule has 4 rings (SSSR count). The molecule has 0 aliphatic carbocycles. The van der Waals surface area contributed by atoms with Crippen molar-refractivity contribution >= 4 is 11.8 Å². The number of hydrogen-bond acceptors (Lipinski definition) is 2. The molecule has 152 valence electrons. The molecule has 0 N–H and O–H groups in total. The van der Waals surface area contributed by atoms with Gasteiger partial charge in [-0.15, -0.1) is 0 Å². The molecule has 2 amide bonds. The molecular formula is C25H30N2O2. The Bertz CT molecular complexity index is 869. The SMILES string of the molecule is CCc1ccccc1C(=O)N1CCC2(CCC(=O)N(Cc3ccccc3)C2)CC1. The molecule has 1 spiro atoms. The number of likely N-dealkylation sites (tertiary alicyclic amines) is 2. The van der Waals surface area contributed by atoms with Crippen molar-refractivity contribution in [1.82, 2.24) is 9.80 Å². The molecule has 4 nitrogen and oxygen atoms in total. The number of hydrogen-bond donors (Lipinski definition) is 0. The molecule has 2 fully saturated rings. The highest BCUT2D eigenvalue weighted by molar-refractivity contribution is 5.95. The van der Waals surface area contributed by atoms with Crippen LogP contribution in [0.3, 0.4) is 0 Å². The molecule has 2 aromatic rings. The molecule has 2 saturated heterocycles. The van der Waals surface area contributed by atoms with Crippen LogP contribution >= 0.6 is 0 Å². The third-order valence-electron chi connectivity index (χ3n) is 6.70. The van der Waals surface area contributed by atoms with E-state index in [2.05, 4.69) is 19.1 Å². The van der Waals surface area contributed by atoms with Crippen molar-refractivity contribution in [2.24, 2.45) is 5.41 Å². The first-order chi connectivity index (χ1) is 14.1. The summed E-state index contributed by atoms with van der Waals surface area (Å²) in [6, 6.07) is 18.2. The number of rotatable bonds is 4. The summed E-state index contributed by atoms with van der Waals surface area (Å²) in [5, 5.41) is 0. The summed E-state index contributed by atoms with van der Waals surface area (Å²) < 4.78 is 0. The number of aryl methyl sites for hydroxylation is 1. The molecule has 2 aliphatic heterocycles. The van der Waals surface area contributed by atoms with Crippen molar-refractivity contribution < 1.29 is 9.59 Å². The van der Waals surface area contributed by atoms with Crippen LogP contribution in [0.4, 0.5) is 0 Å². The maximum absolute atomic E-state index is 13.1. The highest BCUT2D eigenvalue weighted by Crippen LogP contribution is 2.41. The van der Waals surface area contributed by atoms with Crippen LogP contribution in [0.25, 0.3) is 0 Å². The van der Waals surface area contributed by atoms with Crippen LogP contribution in [0.2, 0.25) is 0 Å². The van der Waals surface area contributed by atoms with Gasteiger partial charge in [0, 0.05) is 38.2 Å². The molecule has 0 saturated carbocycles. The van der Waals surface area contributed by atoms with Gasteiger partial charge in [0.15, 0.2) is 0 Å². The summed E-state index contributed by atoms with van der Waals surface area (Å²) in [6.07, 6.45) is 4.40. The van der Waals surface area contributed by atoms with Crippen LogP contribution in [-0.4, -0.2) is 41.2 Å². The number of carbonyl (C=O) groups excluding carboxylic acids is 2. The standard InChI is InChI=1S/C25H30N2O2/c1-2-21-10-6-7-11-22(21)24(29)26-16-14-25(15-17-26)13-12-23(28)27(19-25)18-20-8-4-3-5-9-20/h3-11H,2,12-19H2,1H3. The number of benzene rings is 2. The van der Waals surface area contributed by atoms with Crippen LogP contribution in [0.5, 0.6) is 0 Å². The Labute approximate surface area is 173 Å². The number of nitrogens with zero attached hydrogens (tertiary/aromatic N) is 2. The lowest BCUT2D eigenvalue weighted by Crippen LogP contribution is -2.52. The second kappa shape index (κ2) is 8.40. The summed E-state index contributed by atoms with van der Waals surface area (Å²) in [7, 11) is 0. The van der Waals surface area contributed by atoms with Crippen molar-refractivity contribution in [3.8, 4) is 0 Å². The van der Waals surface area contributed by atoms with E-state index in [0.717, 1.165) is 56.4 Å². The van der Waals surface area contributed by atoms with Crippen molar-refractivity contribution in [3.05, 3.63) is 71.3 Å². The zero-order valence-corrected chi connectivity index (χ0v) is 17.3. The topological polar surface area (TPSA) is 40.6 Å². The quantitative estimate of drug-likeness (QED) is 0.781. The Kier molecular flexibility index (Phi) is 5.70. The van der Waals surface area contributed by atoms with Gasteiger partial charge in [0.2, 0.25) is 5.91 Å². The smallest absolute Gasteiger partial charge is 0.254 e. The monoisotopic (exact) mass is 390 g/mol. The first-order valence-corrected chi connectivity index (χ1v) is 10.8. The van der Waals surface area contributed by atoms with E-state index >= 15 is 0 Å². The number of carbonyl (C=O) groups is 2. The summed E-state index contributed by atoms with van der Waals surface area (Å²) in [5.41, 5.74) is 3.30. The minimum atomic E-state index is 0.156. The van der Waals surface area contributed by atoms with Gasteiger partial charge in [-0.2, -0.15) is 0 Å². The first kappa shape index (κ1) is 19.7. The molecule has 0 unspecified atom stereocenters. The van der Waals surface area contributed by atoms with Crippen molar-refractivity contribution in [1.29, 1.82) is 0 Å². The minimum Gasteiger partial charge on any atom is -0.339 e. The van der Waals surface area contributed by atoms with Gasteiger partial charge >= 0.3 is 0 Å². The molecule has 0 radical (unpaired) electrons. The average molecular weight is 391 g/mol. The molecule has 2 aromatic carbocycles. The zero-order valence-electron chi connectivity index (χ0n) is 17.3. The van der Waals surface area contributed by atoms with Gasteiger partial charge in [-0.1, -0.05) is 55.5 Å². The first-order valence-electron chi connectivity index (χ1n) is 10.8. The van der Waals surface area contributed by atoms with E-state index in [9.17, 15) is 9.59 Å². The van der Waals surface area contributed by atoms with Crippen molar-refractivity contribution in [2.45, 2.75) is 45.6 Å². The summed E-state index contributed by atoms with van der Waals surface area (Å²) in [6.45, 7) is 5.16. The van der Waals surface area contributed by atoms with E-state index in [1.54, 1.807) is 0 Å². The average Bonchev–Trinajstić information content (AvgIpc) is 2.77. The highest BCUT2D eigenvalue weighted by atomic mass is 16.2. The van der Waals surface area contributed by atoms with Crippen molar-refractivity contribution in [2.75, 3.05) is 19.6 Å². The van der Waals surface area contributed by atoms with Crippen LogP contribution in [0.15, 0.2) is 54.6 Å². The highest BCUT2D eigenvalue weighted by Gasteiger charge is 2.41. The van der Waals surface area contributed by atoms with E-state index in [1.165, 1.54) is 5.56 Å². The predicted molar refractivity (Wildman–Crippen MR) is 114 cm³/mol. The lowest BCUT2D eigenvalue weighted by Gasteiger charge is -2.47. The van der Waals surface area contributed by atoms with E-state index in [0.29, 0.717) is 13.0 Å². The molecule has 2 aliphatic rings. The third-order valence-corrected chi connectivity index (χ3v) is 6.70. The van der Waals surface area contributed by atoms with Gasteiger partial charge < -0.3 is 9.80 Å². The molecule has 2 heterocycles. The van der Waals surface area contributed by atoms with Crippen LogP contribution in [0.1, 0.15) is 54.1 Å². The fourth-order valence-electron chi connectivity index (χ4n) is 4.85. The van der Waals surface area contributed by atoms with E-state index in [-0.39, 0.29) is 17.2 Å². The van der Waals surface area contributed by atoms with Gasteiger partial charge in [-0.3, -0.25) is 9.59 Å². The predicted octanol–water partition coefficient (Wildman–Crippen LogP) is 4.29. The number of piperidine rings is 2. The van der Waals surface area contributed by atoms with E-state index < -0.39 is 0 Å². The Morgan fingerprint density at radius 1 is 0.966 bits per heavy atom. The number of amides is 2. The Morgan fingerprint density at radius 2 is 1.66 bits per heavy atom. The normalized spacial score (nSPS) is 18.9. The van der Waals surface area contributed by atoms with Crippen molar-refractivity contribution in [3.63, 3.8) is 0 Å². The second-order valence-corrected chi connectivity index (χ2v) is 8.54. The van der Waals surface area contributed by atoms with Crippen LogP contribution in [0, 0.1) is 5.41 Å². The van der Waals surface area contributed by atoms with Gasteiger partial charge in [0.25, 0.3) is 5.91 Å². The molecular weight excluding hydrogens is 360 g/mol. The Balaban J connectivity index is 1.41. The van der Waals surface area contributed by atoms with E-state index in [4.69, 9.17) is 0 Å². The van der Waals surface area contributed by atoms with Crippen LogP contribution < -0.4 is 0 Å².